The molecule has 0 bridgehead atoms. The first kappa shape index (κ1) is 26.2. The van der Waals surface area contributed by atoms with Crippen LogP contribution in [-0.2, 0) is 12.0 Å². The summed E-state index contributed by atoms with van der Waals surface area (Å²) in [7, 11) is 0. The number of fused-ring (bicyclic) bond motifs is 1. The highest BCUT2D eigenvalue weighted by Crippen LogP contribution is 2.30. The molecule has 1 aromatic heterocycles. The highest BCUT2D eigenvalue weighted by molar-refractivity contribution is 14.1. The number of aromatic nitrogens is 2. The maximum atomic E-state index is 14.0. The fourth-order valence-corrected chi connectivity index (χ4v) is 5.91. The van der Waals surface area contributed by atoms with Gasteiger partial charge < -0.3 is 4.74 Å². The maximum absolute atomic E-state index is 14.0. The van der Waals surface area contributed by atoms with Crippen molar-refractivity contribution in [1.82, 2.24) is 9.66 Å². The molecule has 0 amide bonds. The molecule has 0 aliphatic carbocycles. The van der Waals surface area contributed by atoms with Gasteiger partial charge >= 0.3 is 0 Å². The highest BCUT2D eigenvalue weighted by Gasteiger charge is 2.23. The van der Waals surface area contributed by atoms with Gasteiger partial charge in [0.15, 0.2) is 0 Å². The molecule has 0 radical (unpaired) electrons. The van der Waals surface area contributed by atoms with E-state index in [9.17, 15) is 9.18 Å². The van der Waals surface area contributed by atoms with Crippen LogP contribution in [0.2, 0.25) is 0 Å². The molecule has 0 saturated carbocycles. The highest BCUT2D eigenvalue weighted by atomic mass is 127. The molecule has 3 aromatic carbocycles. The third-order valence-electron chi connectivity index (χ3n) is 5.15. The predicted octanol–water partition coefficient (Wildman–Crippen LogP) is 7.27. The number of halogens is 4. The number of nitrogens with zero attached hydrogens (tertiary/aromatic N) is 3. The zero-order valence-electron chi connectivity index (χ0n) is 19.2. The van der Waals surface area contributed by atoms with Crippen LogP contribution >= 0.6 is 61.1 Å². The van der Waals surface area contributed by atoms with E-state index in [2.05, 4.69) is 66.2 Å². The second-order valence-corrected chi connectivity index (χ2v) is 12.1. The Bertz CT molecular complexity index is 1490. The molecular formula is C26H21BrFI2N3O2. The van der Waals surface area contributed by atoms with Gasteiger partial charge in [-0.15, -0.1) is 0 Å². The second-order valence-electron chi connectivity index (χ2n) is 8.90. The first-order valence-electron chi connectivity index (χ1n) is 10.7. The van der Waals surface area contributed by atoms with Crippen LogP contribution in [0.25, 0.3) is 10.9 Å². The largest absolute Gasteiger partial charge is 0.487 e. The Morgan fingerprint density at radius 3 is 2.46 bits per heavy atom. The van der Waals surface area contributed by atoms with E-state index in [0.29, 0.717) is 28.0 Å². The van der Waals surface area contributed by atoms with Gasteiger partial charge in [-0.05, 0) is 87.1 Å². The van der Waals surface area contributed by atoms with Gasteiger partial charge in [0, 0.05) is 15.5 Å². The van der Waals surface area contributed by atoms with E-state index >= 15 is 0 Å². The zero-order valence-corrected chi connectivity index (χ0v) is 25.1. The summed E-state index contributed by atoms with van der Waals surface area (Å²) < 4.78 is 23.8. The van der Waals surface area contributed by atoms with Crippen LogP contribution < -0.4 is 10.3 Å². The smallest absolute Gasteiger partial charge is 0.282 e. The van der Waals surface area contributed by atoms with Crippen molar-refractivity contribution in [3.8, 4) is 5.75 Å². The molecule has 0 aliphatic heterocycles. The van der Waals surface area contributed by atoms with Crippen molar-refractivity contribution in [3.05, 3.63) is 99.3 Å². The fourth-order valence-electron chi connectivity index (χ4n) is 3.42. The van der Waals surface area contributed by atoms with E-state index in [4.69, 9.17) is 9.72 Å². The number of ether oxygens (including phenoxy) is 1. The lowest BCUT2D eigenvalue weighted by molar-refractivity contribution is 0.295. The number of hydrogen-bond donors (Lipinski definition) is 0. The summed E-state index contributed by atoms with van der Waals surface area (Å²) in [5.41, 5.74) is 1.31. The molecule has 35 heavy (non-hydrogen) atoms. The molecule has 0 N–H and O–H groups in total. The SMILES string of the molecule is CC(C)(C)c1nc2ccc(Br)cc2c(=O)n1N=Cc1cc(I)c(OCc2ccccc2F)c(I)c1. The minimum atomic E-state index is -0.398. The number of hydrogen-bond acceptors (Lipinski definition) is 4. The third kappa shape index (κ3) is 5.93. The third-order valence-corrected chi connectivity index (χ3v) is 7.25. The Morgan fingerprint density at radius 1 is 1.11 bits per heavy atom. The first-order valence-corrected chi connectivity index (χ1v) is 13.6. The summed E-state index contributed by atoms with van der Waals surface area (Å²) >= 11 is 7.81. The molecule has 0 atom stereocenters. The van der Waals surface area contributed by atoms with Crippen molar-refractivity contribution in [2.75, 3.05) is 0 Å². The molecule has 5 nitrogen and oxygen atoms in total. The van der Waals surface area contributed by atoms with Gasteiger partial charge in [0.05, 0.1) is 24.3 Å². The van der Waals surface area contributed by atoms with Crippen LogP contribution in [0.3, 0.4) is 0 Å². The van der Waals surface area contributed by atoms with Crippen LogP contribution in [0.15, 0.2) is 69.0 Å². The van der Waals surface area contributed by atoms with Crippen LogP contribution in [0.4, 0.5) is 4.39 Å². The van der Waals surface area contributed by atoms with Gasteiger partial charge in [0.25, 0.3) is 5.56 Å². The van der Waals surface area contributed by atoms with E-state index in [1.54, 1.807) is 30.5 Å². The summed E-state index contributed by atoms with van der Waals surface area (Å²) in [6.45, 7) is 6.13. The predicted molar refractivity (Wildman–Crippen MR) is 158 cm³/mol. The van der Waals surface area contributed by atoms with Crippen LogP contribution in [0.1, 0.15) is 37.7 Å². The first-order chi connectivity index (χ1) is 16.5. The van der Waals surface area contributed by atoms with E-state index < -0.39 is 5.41 Å². The van der Waals surface area contributed by atoms with Crippen LogP contribution in [0, 0.1) is 13.0 Å². The fraction of sp³-hybridized carbons (Fsp3) is 0.192. The van der Waals surface area contributed by atoms with Gasteiger partial charge in [-0.25, -0.2) is 9.37 Å². The van der Waals surface area contributed by atoms with E-state index in [1.807, 2.05) is 45.0 Å². The van der Waals surface area contributed by atoms with Crippen LogP contribution in [-0.4, -0.2) is 15.9 Å². The average Bonchev–Trinajstić information content (AvgIpc) is 2.78. The quantitative estimate of drug-likeness (QED) is 0.159. The van der Waals surface area contributed by atoms with Gasteiger partial charge in [-0.3, -0.25) is 4.79 Å². The van der Waals surface area contributed by atoms with Crippen molar-refractivity contribution in [1.29, 1.82) is 0 Å². The van der Waals surface area contributed by atoms with Crippen molar-refractivity contribution < 1.29 is 9.13 Å². The van der Waals surface area contributed by atoms with Crippen molar-refractivity contribution in [2.45, 2.75) is 32.8 Å². The second kappa shape index (κ2) is 10.6. The normalized spacial score (nSPS) is 12.0. The summed E-state index contributed by atoms with van der Waals surface area (Å²) in [6.07, 6.45) is 1.65. The minimum Gasteiger partial charge on any atom is -0.487 e. The standard InChI is InChI=1S/C26H21BrFI2N3O2/c1-26(2,3)25-32-22-9-8-17(27)12-18(22)24(34)33(25)31-13-15-10-20(29)23(21(30)11-15)35-14-16-6-4-5-7-19(16)28/h4-13H,14H2,1-3H3. The van der Waals surface area contributed by atoms with E-state index in [1.165, 1.54) is 10.7 Å². The molecule has 9 heteroatoms. The number of benzene rings is 3. The molecule has 180 valence electrons. The molecule has 0 aliphatic rings. The summed E-state index contributed by atoms with van der Waals surface area (Å²) in [5, 5.41) is 5.03. The van der Waals surface area contributed by atoms with Gasteiger partial charge in [0.1, 0.15) is 24.0 Å². The average molecular weight is 760 g/mol. The van der Waals surface area contributed by atoms with Crippen molar-refractivity contribution in [3.63, 3.8) is 0 Å². The molecule has 0 unspecified atom stereocenters. The molecule has 4 aromatic rings. The molecular weight excluding hydrogens is 739 g/mol. The Labute approximate surface area is 238 Å². The molecule has 4 rings (SSSR count). The lowest BCUT2D eigenvalue weighted by Crippen LogP contribution is -2.29. The lowest BCUT2D eigenvalue weighted by atomic mass is 9.95. The van der Waals surface area contributed by atoms with Crippen molar-refractivity contribution >= 4 is 78.2 Å². The summed E-state index contributed by atoms with van der Waals surface area (Å²) in [5.74, 6) is 0.955. The van der Waals surface area contributed by atoms with Crippen molar-refractivity contribution in [2.24, 2.45) is 5.10 Å². The zero-order chi connectivity index (χ0) is 25.3. The van der Waals surface area contributed by atoms with Crippen LogP contribution in [0.5, 0.6) is 5.75 Å². The molecule has 0 spiro atoms. The Morgan fingerprint density at radius 2 is 1.80 bits per heavy atom. The molecule has 1 heterocycles. The van der Waals surface area contributed by atoms with Gasteiger partial charge in [0.2, 0.25) is 0 Å². The summed E-state index contributed by atoms with van der Waals surface area (Å²) in [4.78, 5) is 18.1. The lowest BCUT2D eigenvalue weighted by Gasteiger charge is -2.21. The summed E-state index contributed by atoms with van der Waals surface area (Å²) in [6, 6.07) is 15.8. The maximum Gasteiger partial charge on any atom is 0.282 e. The number of rotatable bonds is 5. The van der Waals surface area contributed by atoms with E-state index in [-0.39, 0.29) is 18.0 Å². The molecule has 0 saturated heterocycles. The Balaban J connectivity index is 1.69. The Hall–Kier alpha value is -1.86. The Kier molecular flexibility index (Phi) is 7.96. The van der Waals surface area contributed by atoms with E-state index in [0.717, 1.165) is 17.2 Å². The monoisotopic (exact) mass is 759 g/mol. The topological polar surface area (TPSA) is 56.5 Å². The molecule has 0 fully saturated rings. The minimum absolute atomic E-state index is 0.134. The van der Waals surface area contributed by atoms with Gasteiger partial charge in [-0.2, -0.15) is 9.78 Å². The van der Waals surface area contributed by atoms with Gasteiger partial charge in [-0.1, -0.05) is 54.9 Å².